The average molecular weight is 504 g/mol. The lowest BCUT2D eigenvalue weighted by Gasteiger charge is -2.44. The van der Waals surface area contributed by atoms with Crippen molar-refractivity contribution in [2.24, 2.45) is 11.3 Å². The second-order valence-corrected chi connectivity index (χ2v) is 10.5. The molecule has 0 aliphatic heterocycles. The maximum absolute atomic E-state index is 12.4. The van der Waals surface area contributed by atoms with Crippen LogP contribution in [0.3, 0.4) is 0 Å². The minimum Gasteiger partial charge on any atom is -0.481 e. The number of aromatic nitrogens is 3. The Bertz CT molecular complexity index is 1190. The number of nitrogens with zero attached hydrogens (tertiary/aromatic N) is 3. The molecule has 1 aromatic carbocycles. The number of para-hydroxylation sites is 1. The SMILES string of the molecule is O=C(O)CC1CCC2(CC1)CCC(c1ccc(CNC(=O)c3nnc(Nc4ccccc4)o3)cn1)CC2. The van der Waals surface area contributed by atoms with E-state index in [9.17, 15) is 9.59 Å². The zero-order valence-electron chi connectivity index (χ0n) is 20.9. The Kier molecular flexibility index (Phi) is 7.48. The number of carbonyl (C=O) groups is 2. The predicted molar refractivity (Wildman–Crippen MR) is 137 cm³/mol. The highest BCUT2D eigenvalue weighted by atomic mass is 16.4. The fraction of sp³-hybridized carbons (Fsp3) is 0.464. The Labute approximate surface area is 216 Å². The molecule has 0 bridgehead atoms. The number of carbonyl (C=O) groups excluding carboxylic acids is 1. The Morgan fingerprint density at radius 1 is 0.973 bits per heavy atom. The van der Waals surface area contributed by atoms with Crippen LogP contribution in [0.1, 0.15) is 85.6 Å². The molecule has 1 spiro atoms. The van der Waals surface area contributed by atoms with Gasteiger partial charge in [-0.2, -0.15) is 0 Å². The number of amides is 1. The van der Waals surface area contributed by atoms with Gasteiger partial charge in [-0.1, -0.05) is 29.4 Å². The van der Waals surface area contributed by atoms with Gasteiger partial charge in [0.15, 0.2) is 0 Å². The van der Waals surface area contributed by atoms with E-state index in [1.165, 1.54) is 12.8 Å². The monoisotopic (exact) mass is 503 g/mol. The van der Waals surface area contributed by atoms with Gasteiger partial charge in [0.05, 0.1) is 0 Å². The first-order chi connectivity index (χ1) is 18.0. The van der Waals surface area contributed by atoms with Gasteiger partial charge in [-0.15, -0.1) is 5.10 Å². The largest absolute Gasteiger partial charge is 0.481 e. The van der Waals surface area contributed by atoms with Crippen LogP contribution in [0.25, 0.3) is 0 Å². The summed E-state index contributed by atoms with van der Waals surface area (Å²) in [5.74, 6) is -0.397. The van der Waals surface area contributed by atoms with E-state index in [0.29, 0.717) is 30.2 Å². The summed E-state index contributed by atoms with van der Waals surface area (Å²) in [4.78, 5) is 28.2. The van der Waals surface area contributed by atoms with Gasteiger partial charge in [0.1, 0.15) is 0 Å². The van der Waals surface area contributed by atoms with Gasteiger partial charge in [-0.25, -0.2) is 0 Å². The van der Waals surface area contributed by atoms with E-state index in [0.717, 1.165) is 55.5 Å². The van der Waals surface area contributed by atoms with E-state index < -0.39 is 11.9 Å². The highest BCUT2D eigenvalue weighted by Gasteiger charge is 2.39. The lowest BCUT2D eigenvalue weighted by molar-refractivity contribution is -0.138. The molecule has 2 aliphatic carbocycles. The Morgan fingerprint density at radius 2 is 1.70 bits per heavy atom. The summed E-state index contributed by atoms with van der Waals surface area (Å²) in [6.45, 7) is 0.321. The third kappa shape index (κ3) is 6.34. The van der Waals surface area contributed by atoms with E-state index in [2.05, 4.69) is 26.9 Å². The molecule has 3 N–H and O–H groups in total. The fourth-order valence-corrected chi connectivity index (χ4v) is 5.82. The molecule has 0 unspecified atom stereocenters. The highest BCUT2D eigenvalue weighted by molar-refractivity contribution is 5.89. The number of nitrogens with one attached hydrogen (secondary N) is 2. The molecule has 2 saturated carbocycles. The summed E-state index contributed by atoms with van der Waals surface area (Å²) in [6, 6.07) is 13.6. The van der Waals surface area contributed by atoms with Crippen molar-refractivity contribution < 1.29 is 19.1 Å². The van der Waals surface area contributed by atoms with Crippen LogP contribution in [0.15, 0.2) is 53.1 Å². The molecule has 1 amide bonds. The molecule has 0 saturated heterocycles. The molecule has 0 radical (unpaired) electrons. The predicted octanol–water partition coefficient (Wildman–Crippen LogP) is 5.45. The number of hydrogen-bond donors (Lipinski definition) is 3. The lowest BCUT2D eigenvalue weighted by Crippen LogP contribution is -2.32. The van der Waals surface area contributed by atoms with Crippen LogP contribution in [-0.2, 0) is 11.3 Å². The molecule has 2 heterocycles. The van der Waals surface area contributed by atoms with E-state index in [-0.39, 0.29) is 11.9 Å². The molecule has 9 nitrogen and oxygen atoms in total. The van der Waals surface area contributed by atoms with Crippen LogP contribution < -0.4 is 10.6 Å². The second-order valence-electron chi connectivity index (χ2n) is 10.5. The molecule has 2 aromatic heterocycles. The number of anilines is 2. The standard InChI is InChI=1S/C28H33N5O4/c34-24(35)16-19-8-12-28(13-9-19)14-10-21(11-15-28)23-7-6-20(17-29-23)18-30-25(36)26-32-33-27(37-26)31-22-4-2-1-3-5-22/h1-7,17,19,21H,8-16,18H2,(H,30,36)(H,31,33)(H,34,35). The zero-order chi connectivity index (χ0) is 25.7. The zero-order valence-corrected chi connectivity index (χ0v) is 20.9. The van der Waals surface area contributed by atoms with Crippen LogP contribution in [0.4, 0.5) is 11.7 Å². The Morgan fingerprint density at radius 3 is 2.38 bits per heavy atom. The average Bonchev–Trinajstić information content (AvgIpc) is 3.38. The van der Waals surface area contributed by atoms with Gasteiger partial charge in [0, 0.05) is 36.5 Å². The molecule has 2 aliphatic rings. The first-order valence-corrected chi connectivity index (χ1v) is 13.1. The maximum Gasteiger partial charge on any atom is 0.320 e. The topological polar surface area (TPSA) is 130 Å². The molecular formula is C28H33N5O4. The first-order valence-electron chi connectivity index (χ1n) is 13.1. The molecule has 37 heavy (non-hydrogen) atoms. The van der Waals surface area contributed by atoms with Gasteiger partial charge in [-0.05, 0) is 86.5 Å². The van der Waals surface area contributed by atoms with Crippen molar-refractivity contribution in [3.05, 3.63) is 65.8 Å². The third-order valence-electron chi connectivity index (χ3n) is 8.04. The van der Waals surface area contributed by atoms with Crippen molar-refractivity contribution in [3.8, 4) is 0 Å². The fourth-order valence-electron chi connectivity index (χ4n) is 5.82. The molecule has 3 aromatic rings. The van der Waals surface area contributed by atoms with Crippen LogP contribution in [0, 0.1) is 11.3 Å². The molecule has 2 fully saturated rings. The number of benzene rings is 1. The van der Waals surface area contributed by atoms with Crippen molar-refractivity contribution in [3.63, 3.8) is 0 Å². The van der Waals surface area contributed by atoms with E-state index >= 15 is 0 Å². The third-order valence-corrected chi connectivity index (χ3v) is 8.04. The number of rotatable bonds is 8. The first kappa shape index (κ1) is 24.9. The number of carboxylic acid groups (broad SMARTS) is 1. The second kappa shape index (κ2) is 11.1. The number of carboxylic acids is 1. The highest BCUT2D eigenvalue weighted by Crippen LogP contribution is 2.52. The summed E-state index contributed by atoms with van der Waals surface area (Å²) in [6.07, 6.45) is 11.2. The summed E-state index contributed by atoms with van der Waals surface area (Å²) >= 11 is 0. The Hall–Kier alpha value is -3.75. The van der Waals surface area contributed by atoms with Crippen molar-refractivity contribution >= 4 is 23.6 Å². The Balaban J connectivity index is 1.08. The maximum atomic E-state index is 12.4. The van der Waals surface area contributed by atoms with E-state index in [1.54, 1.807) is 0 Å². The smallest absolute Gasteiger partial charge is 0.320 e. The molecule has 0 atom stereocenters. The normalized spacial score (nSPS) is 23.5. The number of hydrogen-bond acceptors (Lipinski definition) is 7. The summed E-state index contributed by atoms with van der Waals surface area (Å²) in [5, 5.41) is 22.5. The van der Waals surface area contributed by atoms with Gasteiger partial charge in [0.25, 0.3) is 0 Å². The molecule has 5 rings (SSSR count). The van der Waals surface area contributed by atoms with Crippen molar-refractivity contribution in [2.75, 3.05) is 5.32 Å². The summed E-state index contributed by atoms with van der Waals surface area (Å²) < 4.78 is 5.42. The minimum absolute atomic E-state index is 0.101. The van der Waals surface area contributed by atoms with Gasteiger partial charge < -0.3 is 20.2 Å². The van der Waals surface area contributed by atoms with Crippen LogP contribution >= 0.6 is 0 Å². The van der Waals surface area contributed by atoms with Crippen molar-refractivity contribution in [1.82, 2.24) is 20.5 Å². The molecule has 9 heteroatoms. The number of aliphatic carboxylic acids is 1. The lowest BCUT2D eigenvalue weighted by atomic mass is 9.61. The van der Waals surface area contributed by atoms with E-state index in [1.807, 2.05) is 42.6 Å². The summed E-state index contributed by atoms with van der Waals surface area (Å²) in [7, 11) is 0. The molecule has 194 valence electrons. The van der Waals surface area contributed by atoms with Crippen LogP contribution in [-0.4, -0.2) is 32.2 Å². The van der Waals surface area contributed by atoms with Gasteiger partial charge >= 0.3 is 23.8 Å². The quantitative estimate of drug-likeness (QED) is 0.370. The summed E-state index contributed by atoms with van der Waals surface area (Å²) in [5.41, 5.74) is 3.21. The van der Waals surface area contributed by atoms with Crippen LogP contribution in [0.5, 0.6) is 0 Å². The van der Waals surface area contributed by atoms with E-state index in [4.69, 9.17) is 14.5 Å². The van der Waals surface area contributed by atoms with Crippen molar-refractivity contribution in [1.29, 1.82) is 0 Å². The van der Waals surface area contributed by atoms with Crippen LogP contribution in [0.2, 0.25) is 0 Å². The van der Waals surface area contributed by atoms with Crippen molar-refractivity contribution in [2.45, 2.75) is 70.3 Å². The minimum atomic E-state index is -0.668. The number of pyridine rings is 1. The van der Waals surface area contributed by atoms with Gasteiger partial charge in [-0.3, -0.25) is 14.6 Å². The van der Waals surface area contributed by atoms with Gasteiger partial charge in [0.2, 0.25) is 0 Å². The molecular weight excluding hydrogens is 470 g/mol.